The van der Waals surface area contributed by atoms with Gasteiger partial charge in [0.2, 0.25) is 0 Å². The molecule has 3 heterocycles. The van der Waals surface area contributed by atoms with Crippen molar-refractivity contribution in [2.45, 2.75) is 12.8 Å². The molecule has 0 bridgehead atoms. The minimum Gasteiger partial charge on any atom is -0.384 e. The normalized spacial score (nSPS) is 19.8. The van der Waals surface area contributed by atoms with Crippen LogP contribution in [0.25, 0.3) is 17.1 Å². The van der Waals surface area contributed by atoms with Gasteiger partial charge in [-0.25, -0.2) is 5.01 Å². The Morgan fingerprint density at radius 2 is 2.14 bits per heavy atom. The van der Waals surface area contributed by atoms with Crippen molar-refractivity contribution in [3.05, 3.63) is 60.6 Å². The molecule has 1 aromatic heterocycles. The molecule has 4 nitrogen and oxygen atoms in total. The molecule has 0 saturated heterocycles. The van der Waals surface area contributed by atoms with Crippen molar-refractivity contribution in [3.63, 3.8) is 0 Å². The quantitative estimate of drug-likeness (QED) is 0.814. The van der Waals surface area contributed by atoms with E-state index in [-0.39, 0.29) is 0 Å². The zero-order valence-electron chi connectivity index (χ0n) is 13.0. The molecule has 0 radical (unpaired) electrons. The van der Waals surface area contributed by atoms with Crippen molar-refractivity contribution >= 4 is 5.70 Å². The van der Waals surface area contributed by atoms with Crippen LogP contribution >= 0.6 is 0 Å². The fourth-order valence-electron chi connectivity index (χ4n) is 3.44. The molecule has 2 aliphatic heterocycles. The molecular weight excluding hydrogens is 272 g/mol. The van der Waals surface area contributed by atoms with Gasteiger partial charge in [-0.15, -0.1) is 4.68 Å². The highest BCUT2D eigenvalue weighted by molar-refractivity contribution is 5.63. The van der Waals surface area contributed by atoms with Gasteiger partial charge in [0.25, 0.3) is 0 Å². The summed E-state index contributed by atoms with van der Waals surface area (Å²) in [4.78, 5) is 0. The van der Waals surface area contributed by atoms with Crippen molar-refractivity contribution in [3.8, 4) is 11.4 Å². The number of hydrogen-bond donors (Lipinski definition) is 1. The van der Waals surface area contributed by atoms with Gasteiger partial charge >= 0.3 is 5.82 Å². The summed E-state index contributed by atoms with van der Waals surface area (Å²) in [6.07, 6.45) is 10.7. The second kappa shape index (κ2) is 5.05. The van der Waals surface area contributed by atoms with E-state index in [1.54, 1.807) is 0 Å². The van der Waals surface area contributed by atoms with E-state index >= 15 is 0 Å². The largest absolute Gasteiger partial charge is 0.384 e. The summed E-state index contributed by atoms with van der Waals surface area (Å²) < 4.78 is 4.52. The van der Waals surface area contributed by atoms with Gasteiger partial charge in [-0.05, 0) is 17.7 Å². The second-order valence-electron chi connectivity index (χ2n) is 6.04. The Morgan fingerprint density at radius 1 is 1.27 bits per heavy atom. The molecule has 0 fully saturated rings. The van der Waals surface area contributed by atoms with Crippen molar-refractivity contribution < 1.29 is 4.57 Å². The lowest BCUT2D eigenvalue weighted by Gasteiger charge is -2.16. The molecule has 2 aliphatic rings. The maximum Gasteiger partial charge on any atom is 0.317 e. The van der Waals surface area contributed by atoms with E-state index in [1.165, 1.54) is 17.0 Å². The number of aromatic nitrogens is 2. The van der Waals surface area contributed by atoms with Crippen LogP contribution in [0.4, 0.5) is 0 Å². The summed E-state index contributed by atoms with van der Waals surface area (Å²) in [5, 5.41) is 5.59. The summed E-state index contributed by atoms with van der Waals surface area (Å²) in [5.74, 6) is 1.71. The Labute approximate surface area is 131 Å². The Kier molecular flexibility index (Phi) is 3.03. The fourth-order valence-corrected chi connectivity index (χ4v) is 3.44. The summed E-state index contributed by atoms with van der Waals surface area (Å²) in [5.41, 5.74) is 3.89. The van der Waals surface area contributed by atoms with Crippen LogP contribution in [0.2, 0.25) is 0 Å². The smallest absolute Gasteiger partial charge is 0.317 e. The van der Waals surface area contributed by atoms with Crippen LogP contribution in [0.5, 0.6) is 0 Å². The number of nitrogens with one attached hydrogen (secondary N) is 1. The van der Waals surface area contributed by atoms with Gasteiger partial charge in [0.15, 0.2) is 6.20 Å². The average molecular weight is 293 g/mol. The lowest BCUT2D eigenvalue weighted by Crippen LogP contribution is -2.38. The highest BCUT2D eigenvalue weighted by atomic mass is 15.6. The molecule has 0 aliphatic carbocycles. The number of allylic oxidation sites excluding steroid dienone is 2. The van der Waals surface area contributed by atoms with Gasteiger partial charge in [-0.2, -0.15) is 4.57 Å². The van der Waals surface area contributed by atoms with Crippen molar-refractivity contribution in [2.75, 3.05) is 25.1 Å². The minimum absolute atomic E-state index is 0.503. The molecule has 0 saturated carbocycles. The number of likely N-dealkylation sites (N-methyl/N-ethyl adjacent to an activating group) is 1. The van der Waals surface area contributed by atoms with Crippen molar-refractivity contribution in [1.82, 2.24) is 9.99 Å². The lowest BCUT2D eigenvalue weighted by atomic mass is 9.95. The van der Waals surface area contributed by atoms with E-state index < -0.39 is 0 Å². The van der Waals surface area contributed by atoms with Gasteiger partial charge in [0, 0.05) is 25.7 Å². The third-order valence-corrected chi connectivity index (χ3v) is 4.49. The maximum absolute atomic E-state index is 3.30. The number of fused-ring (bicyclic) bond motifs is 3. The predicted molar refractivity (Wildman–Crippen MR) is 88.9 cm³/mol. The number of nitrogens with zero attached hydrogens (tertiary/aromatic N) is 3. The molecule has 4 heteroatoms. The lowest BCUT2D eigenvalue weighted by molar-refractivity contribution is -0.566. The zero-order valence-corrected chi connectivity index (χ0v) is 13.0. The van der Waals surface area contributed by atoms with E-state index in [4.69, 9.17) is 0 Å². The Balaban J connectivity index is 1.97. The first-order valence-electron chi connectivity index (χ1n) is 7.80. The standard InChI is InChI=1S/C18H21N4/c1-14-13-20(2)22-11-10-21(15-6-5-9-19-12-15)18(22)17-8-4-3-7-16(14)17/h3-8,10-12,14,19H,9,13H2,1-2H3/q+1. The number of rotatable bonds is 1. The molecule has 1 aromatic carbocycles. The van der Waals surface area contributed by atoms with Gasteiger partial charge < -0.3 is 5.32 Å². The monoisotopic (exact) mass is 293 g/mol. The molecule has 0 amide bonds. The summed E-state index contributed by atoms with van der Waals surface area (Å²) in [6, 6.07) is 8.75. The summed E-state index contributed by atoms with van der Waals surface area (Å²) >= 11 is 0. The topological polar surface area (TPSA) is 24.1 Å². The molecule has 1 atom stereocenters. The molecule has 112 valence electrons. The summed E-state index contributed by atoms with van der Waals surface area (Å²) in [7, 11) is 2.15. The molecule has 0 spiro atoms. The van der Waals surface area contributed by atoms with E-state index in [2.05, 4.69) is 88.6 Å². The highest BCUT2D eigenvalue weighted by Crippen LogP contribution is 2.31. The average Bonchev–Trinajstić information content (AvgIpc) is 2.96. The molecule has 22 heavy (non-hydrogen) atoms. The first-order chi connectivity index (χ1) is 10.8. The maximum atomic E-state index is 3.30. The molecule has 1 N–H and O–H groups in total. The van der Waals surface area contributed by atoms with E-state index in [1.807, 2.05) is 0 Å². The third-order valence-electron chi connectivity index (χ3n) is 4.49. The molecule has 1 unspecified atom stereocenters. The van der Waals surface area contributed by atoms with Crippen molar-refractivity contribution in [2.24, 2.45) is 0 Å². The van der Waals surface area contributed by atoms with E-state index in [9.17, 15) is 0 Å². The number of hydrogen-bond acceptors (Lipinski definition) is 2. The predicted octanol–water partition coefficient (Wildman–Crippen LogP) is 2.09. The molecule has 2 aromatic rings. The Morgan fingerprint density at radius 3 is 2.95 bits per heavy atom. The third kappa shape index (κ3) is 1.95. The number of dihydropyridines is 1. The molecular formula is C18H21N4+. The number of imidazole rings is 1. The fraction of sp³-hybridized carbons (Fsp3) is 0.278. The first kappa shape index (κ1) is 13.2. The second-order valence-corrected chi connectivity index (χ2v) is 6.04. The van der Waals surface area contributed by atoms with Crippen LogP contribution in [0, 0.1) is 0 Å². The first-order valence-corrected chi connectivity index (χ1v) is 7.80. The van der Waals surface area contributed by atoms with Crippen LogP contribution in [0.15, 0.2) is 55.0 Å². The molecule has 4 rings (SSSR count). The van der Waals surface area contributed by atoms with E-state index in [0.29, 0.717) is 5.92 Å². The minimum atomic E-state index is 0.503. The Hall–Kier alpha value is -2.49. The van der Waals surface area contributed by atoms with Gasteiger partial charge in [-0.1, -0.05) is 31.2 Å². The summed E-state index contributed by atoms with van der Waals surface area (Å²) in [6.45, 7) is 4.20. The van der Waals surface area contributed by atoms with Crippen LogP contribution in [0.3, 0.4) is 0 Å². The Bertz CT molecular complexity index is 769. The van der Waals surface area contributed by atoms with Crippen LogP contribution in [-0.4, -0.2) is 24.8 Å². The van der Waals surface area contributed by atoms with Crippen molar-refractivity contribution in [1.29, 1.82) is 0 Å². The van der Waals surface area contributed by atoms with Gasteiger partial charge in [0.05, 0.1) is 12.1 Å². The SMILES string of the molecule is CC1CN(C)n2cc[n+](C3=CNCC=C3)c2-c2ccccc21. The zero-order chi connectivity index (χ0) is 15.1. The number of benzene rings is 1. The van der Waals surface area contributed by atoms with Gasteiger partial charge in [0.1, 0.15) is 11.9 Å². The highest BCUT2D eigenvalue weighted by Gasteiger charge is 2.31. The van der Waals surface area contributed by atoms with Gasteiger partial charge in [-0.3, -0.25) is 0 Å². The van der Waals surface area contributed by atoms with Crippen LogP contribution < -0.4 is 14.9 Å². The van der Waals surface area contributed by atoms with Crippen LogP contribution in [0.1, 0.15) is 18.4 Å². The van der Waals surface area contributed by atoms with E-state index in [0.717, 1.165) is 18.8 Å². The van der Waals surface area contributed by atoms with Crippen LogP contribution in [-0.2, 0) is 0 Å².